The third kappa shape index (κ3) is 2.91. The summed E-state index contributed by atoms with van der Waals surface area (Å²) >= 11 is 0. The van der Waals surface area contributed by atoms with E-state index >= 15 is 0 Å². The van der Waals surface area contributed by atoms with Crippen molar-refractivity contribution in [2.75, 3.05) is 13.3 Å². The van der Waals surface area contributed by atoms with Gasteiger partial charge in [0.15, 0.2) is 17.3 Å². The summed E-state index contributed by atoms with van der Waals surface area (Å²) in [6.45, 7) is 7.13. The first-order valence-electron chi connectivity index (χ1n) is 9.22. The molecular weight excluding hydrogens is 332 g/mol. The molecule has 0 spiro atoms. The van der Waals surface area contributed by atoms with E-state index in [4.69, 9.17) is 9.47 Å². The zero-order valence-corrected chi connectivity index (χ0v) is 15.4. The van der Waals surface area contributed by atoms with Crippen LogP contribution in [0.1, 0.15) is 62.4 Å². The molecule has 0 saturated carbocycles. The van der Waals surface area contributed by atoms with Crippen molar-refractivity contribution in [2.45, 2.75) is 52.0 Å². The van der Waals surface area contributed by atoms with Gasteiger partial charge in [-0.2, -0.15) is 5.10 Å². The van der Waals surface area contributed by atoms with Gasteiger partial charge in [-0.3, -0.25) is 4.79 Å². The van der Waals surface area contributed by atoms with Gasteiger partial charge in [0.05, 0.1) is 5.69 Å². The van der Waals surface area contributed by atoms with Gasteiger partial charge < -0.3 is 14.4 Å². The van der Waals surface area contributed by atoms with Crippen LogP contribution in [0.3, 0.4) is 0 Å². The lowest BCUT2D eigenvalue weighted by Gasteiger charge is -2.33. The summed E-state index contributed by atoms with van der Waals surface area (Å²) in [4.78, 5) is 19.7. The van der Waals surface area contributed by atoms with Gasteiger partial charge in [-0.15, -0.1) is 0 Å². The number of rotatable bonds is 3. The third-order valence-corrected chi connectivity index (χ3v) is 5.00. The molecule has 4 rings (SSSR count). The van der Waals surface area contributed by atoms with E-state index in [0.717, 1.165) is 31.5 Å². The van der Waals surface area contributed by atoms with Crippen molar-refractivity contribution < 1.29 is 14.3 Å². The number of benzene rings is 1. The van der Waals surface area contributed by atoms with Gasteiger partial charge in [-0.1, -0.05) is 13.8 Å². The van der Waals surface area contributed by atoms with E-state index in [1.54, 1.807) is 4.68 Å². The summed E-state index contributed by atoms with van der Waals surface area (Å²) in [6.07, 6.45) is 3.23. The van der Waals surface area contributed by atoms with Crippen LogP contribution in [0.25, 0.3) is 5.69 Å². The number of hydrogen-bond acceptors (Lipinski definition) is 5. The maximum atomic E-state index is 13.2. The van der Waals surface area contributed by atoms with E-state index in [1.807, 2.05) is 36.9 Å². The molecule has 0 radical (unpaired) electrons. The Morgan fingerprint density at radius 2 is 2.04 bits per heavy atom. The minimum atomic E-state index is -0.0609. The van der Waals surface area contributed by atoms with Gasteiger partial charge in [0.25, 0.3) is 5.91 Å². The zero-order chi connectivity index (χ0) is 18.3. The van der Waals surface area contributed by atoms with E-state index in [0.29, 0.717) is 23.1 Å². The molecule has 2 aliphatic heterocycles. The quantitative estimate of drug-likeness (QED) is 0.845. The molecule has 7 heteroatoms. The van der Waals surface area contributed by atoms with E-state index in [9.17, 15) is 4.79 Å². The summed E-state index contributed by atoms with van der Waals surface area (Å²) in [6, 6.07) is 5.78. The molecule has 1 aromatic carbocycles. The Morgan fingerprint density at radius 1 is 1.23 bits per heavy atom. The summed E-state index contributed by atoms with van der Waals surface area (Å²) in [7, 11) is 0. The van der Waals surface area contributed by atoms with Gasteiger partial charge in [-0.25, -0.2) is 9.67 Å². The molecule has 1 aromatic heterocycles. The second-order valence-electron chi connectivity index (χ2n) is 7.24. The van der Waals surface area contributed by atoms with E-state index < -0.39 is 0 Å². The fraction of sp³-hybridized carbons (Fsp3) is 0.526. The first kappa shape index (κ1) is 16.9. The van der Waals surface area contributed by atoms with E-state index in [-0.39, 0.29) is 24.7 Å². The average Bonchev–Trinajstić information content (AvgIpc) is 3.28. The summed E-state index contributed by atoms with van der Waals surface area (Å²) in [5, 5.41) is 4.61. The molecule has 1 atom stereocenters. The molecule has 2 aliphatic rings. The molecule has 26 heavy (non-hydrogen) atoms. The Morgan fingerprint density at radius 3 is 2.81 bits per heavy atom. The molecular formula is C19H24N4O3. The minimum absolute atomic E-state index is 0.0609. The van der Waals surface area contributed by atoms with Crippen LogP contribution in [-0.4, -0.2) is 45.0 Å². The fourth-order valence-electron chi connectivity index (χ4n) is 3.44. The van der Waals surface area contributed by atoms with Crippen LogP contribution in [0.5, 0.6) is 11.5 Å². The molecule has 1 fully saturated rings. The highest BCUT2D eigenvalue weighted by molar-refractivity contribution is 5.91. The number of hydrogen-bond donors (Lipinski definition) is 0. The molecule has 1 amide bonds. The van der Waals surface area contributed by atoms with Crippen molar-refractivity contribution in [1.82, 2.24) is 19.7 Å². The summed E-state index contributed by atoms with van der Waals surface area (Å²) in [5.41, 5.74) is 0.752. The number of likely N-dealkylation sites (tertiary alicyclic amines) is 1. The molecule has 0 unspecified atom stereocenters. The second kappa shape index (κ2) is 6.63. The smallest absolute Gasteiger partial charge is 0.292 e. The second-order valence-corrected chi connectivity index (χ2v) is 7.24. The normalized spacial score (nSPS) is 19.2. The number of ether oxygens (including phenoxy) is 2. The number of aromatic nitrogens is 3. The maximum absolute atomic E-state index is 13.2. The van der Waals surface area contributed by atoms with E-state index in [2.05, 4.69) is 17.0 Å². The Hall–Kier alpha value is -2.57. The molecule has 1 saturated heterocycles. The number of carbonyl (C=O) groups is 1. The van der Waals surface area contributed by atoms with Crippen LogP contribution in [0.2, 0.25) is 0 Å². The Labute approximate surface area is 152 Å². The number of piperidine rings is 1. The highest BCUT2D eigenvalue weighted by Gasteiger charge is 2.30. The van der Waals surface area contributed by atoms with Crippen LogP contribution in [-0.2, 0) is 0 Å². The first-order valence-corrected chi connectivity index (χ1v) is 9.22. The Balaban J connectivity index is 1.75. The van der Waals surface area contributed by atoms with Crippen molar-refractivity contribution >= 4 is 5.91 Å². The molecule has 7 nitrogen and oxygen atoms in total. The molecule has 0 bridgehead atoms. The highest BCUT2D eigenvalue weighted by atomic mass is 16.7. The fourth-order valence-corrected chi connectivity index (χ4v) is 3.44. The summed E-state index contributed by atoms with van der Waals surface area (Å²) in [5.74, 6) is 2.46. The van der Waals surface area contributed by atoms with Crippen molar-refractivity contribution in [3.63, 3.8) is 0 Å². The van der Waals surface area contributed by atoms with Gasteiger partial charge in [0, 0.05) is 24.6 Å². The van der Waals surface area contributed by atoms with Gasteiger partial charge in [0.1, 0.15) is 0 Å². The predicted octanol–water partition coefficient (Wildman–Crippen LogP) is 3.13. The Kier molecular flexibility index (Phi) is 4.30. The number of carbonyl (C=O) groups excluding carboxylic acids is 1. The average molecular weight is 356 g/mol. The standard InChI is InChI=1S/C19H24N4O3/c1-12(2)17-20-18(19(24)22-9-5-4-6-13(22)3)23(21-17)14-7-8-15-16(10-14)26-11-25-15/h7-8,10,12-13H,4-6,9,11H2,1-3H3/t13-/m1/s1. The molecule has 0 N–H and O–H groups in total. The topological polar surface area (TPSA) is 69.5 Å². The number of amides is 1. The predicted molar refractivity (Wildman–Crippen MR) is 95.9 cm³/mol. The van der Waals surface area contributed by atoms with E-state index in [1.165, 1.54) is 0 Å². The maximum Gasteiger partial charge on any atom is 0.292 e. The lowest BCUT2D eigenvalue weighted by molar-refractivity contribution is 0.0620. The highest BCUT2D eigenvalue weighted by Crippen LogP contribution is 2.34. The van der Waals surface area contributed by atoms with Crippen molar-refractivity contribution in [2.24, 2.45) is 0 Å². The SMILES string of the molecule is CC(C)c1nc(C(=O)N2CCCC[C@H]2C)n(-c2ccc3c(c2)OCO3)n1. The lowest BCUT2D eigenvalue weighted by Crippen LogP contribution is -2.43. The molecule has 3 heterocycles. The van der Waals surface area contributed by atoms with Crippen LogP contribution in [0.4, 0.5) is 0 Å². The third-order valence-electron chi connectivity index (χ3n) is 5.00. The molecule has 138 valence electrons. The van der Waals surface area contributed by atoms with Crippen molar-refractivity contribution in [1.29, 1.82) is 0 Å². The monoisotopic (exact) mass is 356 g/mol. The van der Waals surface area contributed by atoms with Gasteiger partial charge in [-0.05, 0) is 38.3 Å². The zero-order valence-electron chi connectivity index (χ0n) is 15.4. The summed E-state index contributed by atoms with van der Waals surface area (Å²) < 4.78 is 12.5. The van der Waals surface area contributed by atoms with Crippen molar-refractivity contribution in [3.8, 4) is 17.2 Å². The number of fused-ring (bicyclic) bond motifs is 1. The first-order chi connectivity index (χ1) is 12.5. The van der Waals surface area contributed by atoms with Crippen LogP contribution in [0, 0.1) is 0 Å². The van der Waals surface area contributed by atoms with Crippen LogP contribution >= 0.6 is 0 Å². The van der Waals surface area contributed by atoms with Crippen LogP contribution < -0.4 is 9.47 Å². The van der Waals surface area contributed by atoms with Gasteiger partial charge in [0.2, 0.25) is 12.6 Å². The molecule has 0 aliphatic carbocycles. The number of nitrogens with zero attached hydrogens (tertiary/aromatic N) is 4. The Bertz CT molecular complexity index is 830. The van der Waals surface area contributed by atoms with Crippen LogP contribution in [0.15, 0.2) is 18.2 Å². The lowest BCUT2D eigenvalue weighted by atomic mass is 10.0. The van der Waals surface area contributed by atoms with Gasteiger partial charge >= 0.3 is 0 Å². The largest absolute Gasteiger partial charge is 0.454 e. The molecule has 2 aromatic rings. The minimum Gasteiger partial charge on any atom is -0.454 e. The van der Waals surface area contributed by atoms with Crippen molar-refractivity contribution in [3.05, 3.63) is 29.8 Å².